The first-order valence-electron chi connectivity index (χ1n) is 8.04. The summed E-state index contributed by atoms with van der Waals surface area (Å²) in [4.78, 5) is 23.8. The molecule has 1 rings (SSSR count). The van der Waals surface area contributed by atoms with Gasteiger partial charge in [0.25, 0.3) is 0 Å². The largest absolute Gasteiger partial charge is 0.413 e. The number of benzene rings is 1. The lowest BCUT2D eigenvalue weighted by Crippen LogP contribution is -2.43. The molecule has 0 aliphatic carbocycles. The van der Waals surface area contributed by atoms with Crippen LogP contribution in [0.2, 0.25) is 0 Å². The number of nitrogens with one attached hydrogen (secondary N) is 3. The Morgan fingerprint density at radius 1 is 1.08 bits per heavy atom. The van der Waals surface area contributed by atoms with Gasteiger partial charge in [-0.3, -0.25) is 0 Å². The highest BCUT2D eigenvalue weighted by atomic mass is 16.6. The van der Waals surface area contributed by atoms with E-state index in [1.165, 1.54) is 0 Å². The molecule has 134 valence electrons. The lowest BCUT2D eigenvalue weighted by atomic mass is 9.88. The molecule has 24 heavy (non-hydrogen) atoms. The molecule has 0 aromatic heterocycles. The summed E-state index contributed by atoms with van der Waals surface area (Å²) in [7, 11) is 0. The number of ether oxygens (including phenoxy) is 1. The van der Waals surface area contributed by atoms with E-state index in [2.05, 4.69) is 36.7 Å². The molecule has 0 aliphatic heterocycles. The SMILES string of the molecule is CC(NC(=O)Nc1cccc(OC(=O)NC(C)(C)C)c1)C(C)(C)C. The minimum atomic E-state index is -0.537. The third kappa shape index (κ3) is 7.35. The third-order valence-corrected chi connectivity index (χ3v) is 3.43. The number of hydrogen-bond acceptors (Lipinski definition) is 3. The van der Waals surface area contributed by atoms with E-state index >= 15 is 0 Å². The van der Waals surface area contributed by atoms with Crippen LogP contribution in [0.4, 0.5) is 15.3 Å². The highest BCUT2D eigenvalue weighted by Crippen LogP contribution is 2.20. The van der Waals surface area contributed by atoms with Crippen molar-refractivity contribution in [1.82, 2.24) is 10.6 Å². The number of amides is 3. The molecule has 6 heteroatoms. The van der Waals surface area contributed by atoms with Gasteiger partial charge in [-0.1, -0.05) is 26.8 Å². The Balaban J connectivity index is 2.65. The van der Waals surface area contributed by atoms with E-state index in [1.54, 1.807) is 24.3 Å². The second-order valence-electron chi connectivity index (χ2n) is 7.98. The molecule has 0 fully saturated rings. The third-order valence-electron chi connectivity index (χ3n) is 3.43. The van der Waals surface area contributed by atoms with Crippen LogP contribution in [0, 0.1) is 5.41 Å². The number of anilines is 1. The minimum Gasteiger partial charge on any atom is -0.410 e. The molecule has 3 N–H and O–H groups in total. The number of rotatable bonds is 3. The van der Waals surface area contributed by atoms with Crippen molar-refractivity contribution < 1.29 is 14.3 Å². The number of carbonyl (C=O) groups excluding carboxylic acids is 2. The van der Waals surface area contributed by atoms with Crippen LogP contribution >= 0.6 is 0 Å². The van der Waals surface area contributed by atoms with Crippen molar-refractivity contribution >= 4 is 17.8 Å². The van der Waals surface area contributed by atoms with Crippen LogP contribution < -0.4 is 20.7 Å². The van der Waals surface area contributed by atoms with Crippen LogP contribution in [-0.4, -0.2) is 23.7 Å². The summed E-state index contributed by atoms with van der Waals surface area (Å²) in [5.41, 5.74) is 0.137. The van der Waals surface area contributed by atoms with Gasteiger partial charge in [-0.2, -0.15) is 0 Å². The van der Waals surface area contributed by atoms with E-state index in [4.69, 9.17) is 4.74 Å². The van der Waals surface area contributed by atoms with Crippen LogP contribution in [0.1, 0.15) is 48.5 Å². The molecule has 0 heterocycles. The van der Waals surface area contributed by atoms with Crippen LogP contribution in [-0.2, 0) is 0 Å². The lowest BCUT2D eigenvalue weighted by Gasteiger charge is -2.28. The van der Waals surface area contributed by atoms with Crippen molar-refractivity contribution in [2.45, 2.75) is 60.0 Å². The summed E-state index contributed by atoms with van der Waals surface area (Å²) in [6.07, 6.45) is -0.537. The van der Waals surface area contributed by atoms with E-state index < -0.39 is 6.09 Å². The molecule has 1 atom stereocenters. The minimum absolute atomic E-state index is 0.00879. The van der Waals surface area contributed by atoms with Gasteiger partial charge in [0.1, 0.15) is 5.75 Å². The molecule has 0 spiro atoms. The summed E-state index contributed by atoms with van der Waals surface area (Å²) >= 11 is 0. The first-order chi connectivity index (χ1) is 10.9. The molecule has 1 aromatic carbocycles. The average molecular weight is 335 g/mol. The van der Waals surface area contributed by atoms with Crippen LogP contribution in [0.5, 0.6) is 5.75 Å². The molecule has 0 radical (unpaired) electrons. The van der Waals surface area contributed by atoms with E-state index in [1.807, 2.05) is 27.7 Å². The summed E-state index contributed by atoms with van der Waals surface area (Å²) < 4.78 is 5.23. The fraction of sp³-hybridized carbons (Fsp3) is 0.556. The van der Waals surface area contributed by atoms with Gasteiger partial charge >= 0.3 is 12.1 Å². The van der Waals surface area contributed by atoms with Crippen molar-refractivity contribution in [3.05, 3.63) is 24.3 Å². The molecule has 1 unspecified atom stereocenters. The Kier molecular flexibility index (Phi) is 6.23. The highest BCUT2D eigenvalue weighted by Gasteiger charge is 2.21. The average Bonchev–Trinajstić information content (AvgIpc) is 2.34. The Morgan fingerprint density at radius 3 is 2.25 bits per heavy atom. The zero-order chi connectivity index (χ0) is 18.5. The van der Waals surface area contributed by atoms with E-state index in [9.17, 15) is 9.59 Å². The second kappa shape index (κ2) is 7.55. The zero-order valence-corrected chi connectivity index (χ0v) is 15.6. The van der Waals surface area contributed by atoms with E-state index in [0.717, 1.165) is 0 Å². The van der Waals surface area contributed by atoms with Gasteiger partial charge in [0.2, 0.25) is 0 Å². The molecule has 0 bridgehead atoms. The van der Waals surface area contributed by atoms with Crippen LogP contribution in [0.15, 0.2) is 24.3 Å². The topological polar surface area (TPSA) is 79.5 Å². The number of hydrogen-bond donors (Lipinski definition) is 3. The predicted molar refractivity (Wildman–Crippen MR) is 96.4 cm³/mol. The molecule has 0 saturated carbocycles. The normalized spacial score (nSPS) is 13.0. The second-order valence-corrected chi connectivity index (χ2v) is 7.98. The van der Waals surface area contributed by atoms with E-state index in [0.29, 0.717) is 11.4 Å². The van der Waals surface area contributed by atoms with Gasteiger partial charge in [-0.25, -0.2) is 9.59 Å². The summed E-state index contributed by atoms with van der Waals surface area (Å²) in [5.74, 6) is 0.360. The Bertz CT molecular complexity index is 586. The van der Waals surface area contributed by atoms with Crippen molar-refractivity contribution in [1.29, 1.82) is 0 Å². The number of urea groups is 1. The maximum atomic E-state index is 12.0. The van der Waals surface area contributed by atoms with Crippen molar-refractivity contribution in [3.8, 4) is 5.75 Å². The molecule has 3 amide bonds. The quantitative estimate of drug-likeness (QED) is 0.777. The van der Waals surface area contributed by atoms with Crippen LogP contribution in [0.3, 0.4) is 0 Å². The van der Waals surface area contributed by atoms with Crippen LogP contribution in [0.25, 0.3) is 0 Å². The van der Waals surface area contributed by atoms with Crippen molar-refractivity contribution in [2.24, 2.45) is 5.41 Å². The first kappa shape index (κ1) is 19.8. The lowest BCUT2D eigenvalue weighted by molar-refractivity contribution is 0.190. The van der Waals surface area contributed by atoms with Gasteiger partial charge in [-0.15, -0.1) is 0 Å². The summed E-state index contributed by atoms with van der Waals surface area (Å²) in [6, 6.07) is 6.41. The van der Waals surface area contributed by atoms with Gasteiger partial charge < -0.3 is 20.7 Å². The fourth-order valence-corrected chi connectivity index (χ4v) is 1.66. The molecule has 1 aromatic rings. The van der Waals surface area contributed by atoms with Gasteiger partial charge in [0.15, 0.2) is 0 Å². The molecule has 6 nitrogen and oxygen atoms in total. The van der Waals surface area contributed by atoms with Gasteiger partial charge in [0, 0.05) is 23.3 Å². The Labute approximate surface area is 144 Å². The molecular formula is C18H29N3O3. The van der Waals surface area contributed by atoms with Gasteiger partial charge in [0.05, 0.1) is 0 Å². The maximum Gasteiger partial charge on any atom is 0.413 e. The summed E-state index contributed by atoms with van der Waals surface area (Å²) in [6.45, 7) is 13.7. The van der Waals surface area contributed by atoms with Crippen molar-refractivity contribution in [3.63, 3.8) is 0 Å². The Hall–Kier alpha value is -2.24. The standard InChI is InChI=1S/C18H29N3O3/c1-12(17(2,3)4)19-15(22)20-13-9-8-10-14(11-13)24-16(23)21-18(5,6)7/h8-12H,1-7H3,(H,21,23)(H2,19,20,22). The monoisotopic (exact) mass is 335 g/mol. The fourth-order valence-electron chi connectivity index (χ4n) is 1.66. The predicted octanol–water partition coefficient (Wildman–Crippen LogP) is 4.13. The summed E-state index contributed by atoms with van der Waals surface area (Å²) in [5, 5.41) is 8.34. The van der Waals surface area contributed by atoms with Crippen molar-refractivity contribution in [2.75, 3.05) is 5.32 Å². The van der Waals surface area contributed by atoms with E-state index in [-0.39, 0.29) is 23.0 Å². The maximum absolute atomic E-state index is 12.0. The highest BCUT2D eigenvalue weighted by molar-refractivity contribution is 5.89. The molecule has 0 saturated heterocycles. The van der Waals surface area contributed by atoms with Gasteiger partial charge in [-0.05, 0) is 45.2 Å². The first-order valence-corrected chi connectivity index (χ1v) is 8.04. The smallest absolute Gasteiger partial charge is 0.410 e. The molecule has 0 aliphatic rings. The zero-order valence-electron chi connectivity index (χ0n) is 15.6. The Morgan fingerprint density at radius 2 is 1.71 bits per heavy atom. The molecular weight excluding hydrogens is 306 g/mol. The number of carbonyl (C=O) groups is 2.